The minimum absolute atomic E-state index is 0.0143. The molecular weight excluding hydrogens is 284 g/mol. The highest BCUT2D eigenvalue weighted by atomic mass is 32.2. The van der Waals surface area contributed by atoms with Crippen LogP contribution in [0.1, 0.15) is 0 Å². The predicted octanol–water partition coefficient (Wildman–Crippen LogP) is -0.736. The van der Waals surface area contributed by atoms with E-state index in [1.165, 1.54) is 0 Å². The first-order valence-corrected chi connectivity index (χ1v) is 7.78. The number of benzene rings is 1. The van der Waals surface area contributed by atoms with Crippen LogP contribution in [-0.4, -0.2) is 61.6 Å². The smallest absolute Gasteiger partial charge is 0.217 e. The van der Waals surface area contributed by atoms with Crippen LogP contribution < -0.4 is 10.5 Å². The third-order valence-corrected chi connectivity index (χ3v) is 4.42. The zero-order valence-corrected chi connectivity index (χ0v) is 11.9. The number of aliphatic hydroxyl groups is 2. The normalized spacial score (nSPS) is 11.8. The molecule has 1 rings (SSSR count). The van der Waals surface area contributed by atoms with Crippen LogP contribution in [0.25, 0.3) is 0 Å². The lowest BCUT2D eigenvalue weighted by Gasteiger charge is -2.20. The Hall–Kier alpha value is -1.35. The molecule has 8 heteroatoms. The summed E-state index contributed by atoms with van der Waals surface area (Å²) in [5, 5.41) is 17.7. The van der Waals surface area contributed by atoms with Crippen LogP contribution in [0.4, 0.5) is 5.69 Å². The molecule has 0 aromatic heterocycles. The molecule has 0 aliphatic heterocycles. The maximum atomic E-state index is 12.0. The lowest BCUT2D eigenvalue weighted by atomic mass is 10.3. The Labute approximate surface area is 118 Å². The largest absolute Gasteiger partial charge is 0.492 e. The number of ether oxygens (including phenoxy) is 1. The molecular formula is C12H20N2O5S. The molecule has 1 aromatic carbocycles. The molecule has 0 aliphatic carbocycles. The van der Waals surface area contributed by atoms with E-state index < -0.39 is 10.0 Å². The second-order valence-corrected chi connectivity index (χ2v) is 6.17. The van der Waals surface area contributed by atoms with Crippen molar-refractivity contribution in [2.75, 3.05) is 44.4 Å². The molecule has 0 atom stereocenters. The lowest BCUT2D eigenvalue weighted by Crippen LogP contribution is -2.38. The quantitative estimate of drug-likeness (QED) is 0.518. The molecule has 7 nitrogen and oxygen atoms in total. The van der Waals surface area contributed by atoms with Gasteiger partial charge in [-0.2, -0.15) is 4.31 Å². The Morgan fingerprint density at radius 1 is 1.10 bits per heavy atom. The summed E-state index contributed by atoms with van der Waals surface area (Å²) in [6, 6.07) is 6.63. The van der Waals surface area contributed by atoms with Gasteiger partial charge in [-0.15, -0.1) is 0 Å². The first-order valence-electron chi connectivity index (χ1n) is 6.17. The van der Waals surface area contributed by atoms with Crippen LogP contribution in [0.3, 0.4) is 0 Å². The zero-order chi connectivity index (χ0) is 15.0. The monoisotopic (exact) mass is 304 g/mol. The summed E-state index contributed by atoms with van der Waals surface area (Å²) in [6.45, 7) is -0.675. The van der Waals surface area contributed by atoms with Crippen molar-refractivity contribution < 1.29 is 23.4 Å². The number of hydrogen-bond donors (Lipinski definition) is 3. The summed E-state index contributed by atoms with van der Waals surface area (Å²) in [6.07, 6.45) is 0. The summed E-state index contributed by atoms with van der Waals surface area (Å²) in [5.41, 5.74) is 6.12. The van der Waals surface area contributed by atoms with Gasteiger partial charge in [-0.3, -0.25) is 0 Å². The van der Waals surface area contributed by atoms with Crippen molar-refractivity contribution in [2.45, 2.75) is 0 Å². The van der Waals surface area contributed by atoms with E-state index in [0.29, 0.717) is 11.4 Å². The number of rotatable bonds is 9. The maximum Gasteiger partial charge on any atom is 0.217 e. The highest BCUT2D eigenvalue weighted by Crippen LogP contribution is 2.13. The Balaban J connectivity index is 2.51. The lowest BCUT2D eigenvalue weighted by molar-refractivity contribution is 0.216. The first kappa shape index (κ1) is 16.7. The van der Waals surface area contributed by atoms with Crippen molar-refractivity contribution in [3.8, 4) is 5.75 Å². The highest BCUT2D eigenvalue weighted by Gasteiger charge is 2.20. The number of aliphatic hydroxyl groups excluding tert-OH is 2. The average Bonchev–Trinajstić information content (AvgIpc) is 2.41. The van der Waals surface area contributed by atoms with Crippen molar-refractivity contribution in [3.63, 3.8) is 0 Å². The molecule has 114 valence electrons. The van der Waals surface area contributed by atoms with Crippen molar-refractivity contribution in [1.82, 2.24) is 4.31 Å². The van der Waals surface area contributed by atoms with Crippen molar-refractivity contribution in [3.05, 3.63) is 24.3 Å². The number of sulfonamides is 1. The molecule has 0 bridgehead atoms. The van der Waals surface area contributed by atoms with Crippen molar-refractivity contribution in [1.29, 1.82) is 0 Å². The minimum Gasteiger partial charge on any atom is -0.492 e. The first-order chi connectivity index (χ1) is 9.49. The standard InChI is InChI=1S/C12H20N2O5S/c13-11-1-3-12(4-2-11)19-9-10-20(17,18)14(5-7-15)6-8-16/h1-4,15-16H,5-10,13H2. The summed E-state index contributed by atoms with van der Waals surface area (Å²) < 4.78 is 30.3. The number of nitrogen functional groups attached to an aromatic ring is 1. The number of anilines is 1. The van der Waals surface area contributed by atoms with E-state index in [4.69, 9.17) is 20.7 Å². The van der Waals surface area contributed by atoms with Gasteiger partial charge in [0.1, 0.15) is 12.4 Å². The van der Waals surface area contributed by atoms with E-state index in [1.807, 2.05) is 0 Å². The molecule has 0 radical (unpaired) electrons. The molecule has 0 amide bonds. The Morgan fingerprint density at radius 2 is 1.65 bits per heavy atom. The molecule has 0 aliphatic rings. The van der Waals surface area contributed by atoms with Crippen molar-refractivity contribution >= 4 is 15.7 Å². The average molecular weight is 304 g/mol. The van der Waals surface area contributed by atoms with Crippen LogP contribution in [-0.2, 0) is 10.0 Å². The van der Waals surface area contributed by atoms with Gasteiger partial charge in [0.25, 0.3) is 0 Å². The molecule has 1 aromatic rings. The van der Waals surface area contributed by atoms with Gasteiger partial charge in [0.05, 0.1) is 19.0 Å². The van der Waals surface area contributed by atoms with Gasteiger partial charge in [0, 0.05) is 18.8 Å². The van der Waals surface area contributed by atoms with Gasteiger partial charge in [-0.25, -0.2) is 8.42 Å². The van der Waals surface area contributed by atoms with Crippen LogP contribution in [0.2, 0.25) is 0 Å². The molecule has 0 saturated carbocycles. The summed E-state index contributed by atoms with van der Waals surface area (Å²) in [5.74, 6) is 0.308. The van der Waals surface area contributed by atoms with E-state index in [9.17, 15) is 8.42 Å². The fraction of sp³-hybridized carbons (Fsp3) is 0.500. The summed E-state index contributed by atoms with van der Waals surface area (Å²) in [4.78, 5) is 0. The Bertz CT molecular complexity index is 483. The molecule has 0 saturated heterocycles. The van der Waals surface area contributed by atoms with Gasteiger partial charge < -0.3 is 20.7 Å². The number of hydrogen-bond acceptors (Lipinski definition) is 6. The fourth-order valence-electron chi connectivity index (χ4n) is 1.57. The molecule has 0 spiro atoms. The van der Waals surface area contributed by atoms with Crippen molar-refractivity contribution in [2.24, 2.45) is 0 Å². The second kappa shape index (κ2) is 8.05. The van der Waals surface area contributed by atoms with Gasteiger partial charge >= 0.3 is 0 Å². The third-order valence-electron chi connectivity index (χ3n) is 2.58. The maximum absolute atomic E-state index is 12.0. The molecule has 0 fully saturated rings. The van der Waals surface area contributed by atoms with Crippen LogP contribution in [0, 0.1) is 0 Å². The third kappa shape index (κ3) is 5.33. The Morgan fingerprint density at radius 3 is 2.15 bits per heavy atom. The summed E-state index contributed by atoms with van der Waals surface area (Å²) >= 11 is 0. The fourth-order valence-corrected chi connectivity index (χ4v) is 2.84. The predicted molar refractivity (Wildman–Crippen MR) is 75.9 cm³/mol. The second-order valence-electron chi connectivity index (χ2n) is 4.08. The van der Waals surface area contributed by atoms with E-state index in [0.717, 1.165) is 4.31 Å². The van der Waals surface area contributed by atoms with Gasteiger partial charge in [0.15, 0.2) is 0 Å². The number of nitrogens with zero attached hydrogens (tertiary/aromatic N) is 1. The van der Waals surface area contributed by atoms with E-state index in [-0.39, 0.29) is 38.7 Å². The van der Waals surface area contributed by atoms with Crippen LogP contribution in [0.15, 0.2) is 24.3 Å². The molecule has 0 unspecified atom stereocenters. The van der Waals surface area contributed by atoms with Gasteiger partial charge in [0.2, 0.25) is 10.0 Å². The SMILES string of the molecule is Nc1ccc(OCCS(=O)(=O)N(CCO)CCO)cc1. The van der Waals surface area contributed by atoms with Gasteiger partial charge in [-0.05, 0) is 24.3 Å². The molecule has 0 heterocycles. The zero-order valence-electron chi connectivity index (χ0n) is 11.1. The van der Waals surface area contributed by atoms with Gasteiger partial charge in [-0.1, -0.05) is 0 Å². The minimum atomic E-state index is -3.56. The summed E-state index contributed by atoms with van der Waals surface area (Å²) in [7, 11) is -3.56. The van der Waals surface area contributed by atoms with E-state index in [1.54, 1.807) is 24.3 Å². The topological polar surface area (TPSA) is 113 Å². The highest BCUT2D eigenvalue weighted by molar-refractivity contribution is 7.89. The van der Waals surface area contributed by atoms with Crippen LogP contribution in [0.5, 0.6) is 5.75 Å². The van der Waals surface area contributed by atoms with Crippen LogP contribution >= 0.6 is 0 Å². The van der Waals surface area contributed by atoms with E-state index in [2.05, 4.69) is 0 Å². The molecule has 4 N–H and O–H groups in total. The number of nitrogens with two attached hydrogens (primary N) is 1. The molecule has 20 heavy (non-hydrogen) atoms. The van der Waals surface area contributed by atoms with E-state index >= 15 is 0 Å². The Kier molecular flexibility index (Phi) is 6.73.